The second kappa shape index (κ2) is 7.07. The smallest absolute Gasteiger partial charge is 0.237 e. The molecule has 1 saturated heterocycles. The summed E-state index contributed by atoms with van der Waals surface area (Å²) in [5.41, 5.74) is 0. The third kappa shape index (κ3) is 4.20. The van der Waals surface area contributed by atoms with Crippen LogP contribution in [0.1, 0.15) is 46.0 Å². The van der Waals surface area contributed by atoms with E-state index in [9.17, 15) is 9.59 Å². The monoisotopic (exact) mass is 281 g/mol. The lowest BCUT2D eigenvalue weighted by Crippen LogP contribution is -2.55. The summed E-state index contributed by atoms with van der Waals surface area (Å²) >= 11 is 0. The fraction of sp³-hybridized carbons (Fsp3) is 0.867. The van der Waals surface area contributed by atoms with Crippen molar-refractivity contribution in [3.05, 3.63) is 0 Å². The van der Waals surface area contributed by atoms with Crippen molar-refractivity contribution >= 4 is 11.8 Å². The molecular weight excluding hydrogens is 254 g/mol. The van der Waals surface area contributed by atoms with Crippen LogP contribution in [0.25, 0.3) is 0 Å². The first-order valence-electron chi connectivity index (χ1n) is 7.94. The first kappa shape index (κ1) is 15.3. The van der Waals surface area contributed by atoms with Crippen molar-refractivity contribution in [2.24, 2.45) is 0 Å². The number of rotatable bonds is 6. The van der Waals surface area contributed by atoms with Crippen LogP contribution in [0.2, 0.25) is 0 Å². The van der Waals surface area contributed by atoms with Crippen molar-refractivity contribution in [1.82, 2.24) is 15.1 Å². The van der Waals surface area contributed by atoms with Crippen LogP contribution in [-0.4, -0.2) is 59.9 Å². The van der Waals surface area contributed by atoms with Gasteiger partial charge in [-0.3, -0.25) is 14.5 Å². The van der Waals surface area contributed by atoms with Crippen molar-refractivity contribution in [2.45, 2.75) is 58.0 Å². The molecule has 0 radical (unpaired) electrons. The van der Waals surface area contributed by atoms with Crippen LogP contribution in [0.5, 0.6) is 0 Å². The van der Waals surface area contributed by atoms with Crippen LogP contribution in [0.15, 0.2) is 0 Å². The van der Waals surface area contributed by atoms with Gasteiger partial charge in [0.2, 0.25) is 11.8 Å². The van der Waals surface area contributed by atoms with Gasteiger partial charge in [0.25, 0.3) is 0 Å². The third-order valence-electron chi connectivity index (χ3n) is 4.26. The van der Waals surface area contributed by atoms with E-state index < -0.39 is 0 Å². The van der Waals surface area contributed by atoms with Crippen LogP contribution in [0, 0.1) is 0 Å². The minimum absolute atomic E-state index is 0.0801. The van der Waals surface area contributed by atoms with Crippen molar-refractivity contribution in [3.8, 4) is 0 Å². The average Bonchev–Trinajstić information content (AvgIpc) is 3.28. The van der Waals surface area contributed by atoms with E-state index in [1.165, 1.54) is 0 Å². The standard InChI is InChI=1S/C15H27N3O2/c1-3-4-5-14(19)18-10-8-17(9-11-18)12(2)15(20)16-13-6-7-13/h12-13H,3-11H2,1-2H3,(H,16,20). The van der Waals surface area contributed by atoms with Gasteiger partial charge in [0.1, 0.15) is 0 Å². The summed E-state index contributed by atoms with van der Waals surface area (Å²) in [6.07, 6.45) is 4.94. The molecule has 2 aliphatic rings. The van der Waals surface area contributed by atoms with Gasteiger partial charge < -0.3 is 10.2 Å². The Morgan fingerprint density at radius 1 is 1.20 bits per heavy atom. The molecule has 1 saturated carbocycles. The molecule has 0 bridgehead atoms. The van der Waals surface area contributed by atoms with Crippen molar-refractivity contribution in [3.63, 3.8) is 0 Å². The lowest BCUT2D eigenvalue weighted by molar-refractivity contribution is -0.134. The zero-order chi connectivity index (χ0) is 14.5. The number of carbonyl (C=O) groups is 2. The van der Waals surface area contributed by atoms with Gasteiger partial charge in [-0.1, -0.05) is 13.3 Å². The van der Waals surface area contributed by atoms with Gasteiger partial charge in [0.15, 0.2) is 0 Å². The van der Waals surface area contributed by atoms with Crippen molar-refractivity contribution in [2.75, 3.05) is 26.2 Å². The zero-order valence-corrected chi connectivity index (χ0v) is 12.7. The Balaban J connectivity index is 1.72. The molecule has 1 heterocycles. The summed E-state index contributed by atoms with van der Waals surface area (Å²) in [6, 6.07) is 0.338. The second-order valence-electron chi connectivity index (χ2n) is 5.98. The Bertz CT molecular complexity index is 347. The number of amides is 2. The predicted molar refractivity (Wildman–Crippen MR) is 78.3 cm³/mol. The highest BCUT2D eigenvalue weighted by Crippen LogP contribution is 2.19. The molecule has 2 rings (SSSR count). The topological polar surface area (TPSA) is 52.7 Å². The fourth-order valence-corrected chi connectivity index (χ4v) is 2.56. The summed E-state index contributed by atoms with van der Waals surface area (Å²) in [6.45, 7) is 7.18. The molecule has 2 fully saturated rings. The molecule has 0 aromatic rings. The molecule has 114 valence electrons. The molecule has 0 spiro atoms. The number of unbranched alkanes of at least 4 members (excludes halogenated alkanes) is 1. The molecule has 1 aliphatic carbocycles. The zero-order valence-electron chi connectivity index (χ0n) is 12.7. The van der Waals surface area contributed by atoms with Crippen LogP contribution < -0.4 is 5.32 Å². The average molecular weight is 281 g/mol. The number of carbonyl (C=O) groups excluding carboxylic acids is 2. The summed E-state index contributed by atoms with van der Waals surface area (Å²) in [5.74, 6) is 0.403. The van der Waals surface area contributed by atoms with Crippen molar-refractivity contribution < 1.29 is 9.59 Å². The Labute approximate surface area is 121 Å². The maximum atomic E-state index is 12.0. The van der Waals surface area contributed by atoms with Crippen LogP contribution in [-0.2, 0) is 9.59 Å². The number of piperazine rings is 1. The van der Waals surface area contributed by atoms with Gasteiger partial charge in [-0.05, 0) is 26.2 Å². The Morgan fingerprint density at radius 3 is 2.40 bits per heavy atom. The number of hydrogen-bond acceptors (Lipinski definition) is 3. The van der Waals surface area contributed by atoms with E-state index in [1.54, 1.807) is 0 Å². The molecule has 0 aromatic heterocycles. The molecule has 5 nitrogen and oxygen atoms in total. The van der Waals surface area contributed by atoms with Crippen LogP contribution >= 0.6 is 0 Å². The quantitative estimate of drug-likeness (QED) is 0.790. The van der Waals surface area contributed by atoms with E-state index in [-0.39, 0.29) is 17.9 Å². The predicted octanol–water partition coefficient (Wildman–Crippen LogP) is 0.988. The summed E-state index contributed by atoms with van der Waals surface area (Å²) in [4.78, 5) is 28.1. The van der Waals surface area contributed by atoms with Crippen molar-refractivity contribution in [1.29, 1.82) is 0 Å². The Hall–Kier alpha value is -1.10. The fourth-order valence-electron chi connectivity index (χ4n) is 2.56. The van der Waals surface area contributed by atoms with E-state index in [2.05, 4.69) is 17.1 Å². The maximum absolute atomic E-state index is 12.0. The molecule has 1 aliphatic heterocycles. The van der Waals surface area contributed by atoms with E-state index >= 15 is 0 Å². The van der Waals surface area contributed by atoms with E-state index in [0.29, 0.717) is 12.5 Å². The van der Waals surface area contributed by atoms with Crippen LogP contribution in [0.3, 0.4) is 0 Å². The maximum Gasteiger partial charge on any atom is 0.237 e. The number of hydrogen-bond donors (Lipinski definition) is 1. The van der Waals surface area contributed by atoms with Gasteiger partial charge >= 0.3 is 0 Å². The SMILES string of the molecule is CCCCC(=O)N1CCN(C(C)C(=O)NC2CC2)CC1. The highest BCUT2D eigenvalue weighted by molar-refractivity contribution is 5.82. The molecule has 1 atom stereocenters. The van der Waals surface area contributed by atoms with Gasteiger partial charge in [0, 0.05) is 38.6 Å². The Morgan fingerprint density at radius 2 is 1.85 bits per heavy atom. The van der Waals surface area contributed by atoms with Gasteiger partial charge in [-0.25, -0.2) is 0 Å². The minimum Gasteiger partial charge on any atom is -0.352 e. The molecule has 2 amide bonds. The third-order valence-corrected chi connectivity index (χ3v) is 4.26. The van der Waals surface area contributed by atoms with E-state index in [1.807, 2.05) is 11.8 Å². The van der Waals surface area contributed by atoms with Gasteiger partial charge in [-0.15, -0.1) is 0 Å². The van der Waals surface area contributed by atoms with Gasteiger partial charge in [0.05, 0.1) is 6.04 Å². The molecule has 0 aromatic carbocycles. The van der Waals surface area contributed by atoms with Gasteiger partial charge in [-0.2, -0.15) is 0 Å². The number of nitrogens with zero attached hydrogens (tertiary/aromatic N) is 2. The molecule has 20 heavy (non-hydrogen) atoms. The normalized spacial score (nSPS) is 21.6. The minimum atomic E-state index is -0.0801. The lowest BCUT2D eigenvalue weighted by atomic mass is 10.2. The highest BCUT2D eigenvalue weighted by atomic mass is 16.2. The Kier molecular flexibility index (Phi) is 5.40. The largest absolute Gasteiger partial charge is 0.352 e. The van der Waals surface area contributed by atoms with E-state index in [0.717, 1.165) is 51.9 Å². The summed E-state index contributed by atoms with van der Waals surface area (Å²) in [5, 5.41) is 3.05. The van der Waals surface area contributed by atoms with E-state index in [4.69, 9.17) is 0 Å². The molecule has 1 unspecified atom stereocenters. The first-order chi connectivity index (χ1) is 9.61. The lowest BCUT2D eigenvalue weighted by Gasteiger charge is -2.37. The second-order valence-corrected chi connectivity index (χ2v) is 5.98. The number of nitrogens with one attached hydrogen (secondary N) is 1. The molecule has 5 heteroatoms. The molecule has 1 N–H and O–H groups in total. The summed E-state index contributed by atoms with van der Waals surface area (Å²) < 4.78 is 0. The first-order valence-corrected chi connectivity index (χ1v) is 7.94. The summed E-state index contributed by atoms with van der Waals surface area (Å²) in [7, 11) is 0. The van der Waals surface area contributed by atoms with Crippen LogP contribution in [0.4, 0.5) is 0 Å². The molecular formula is C15H27N3O2. The highest BCUT2D eigenvalue weighted by Gasteiger charge is 2.30.